The van der Waals surface area contributed by atoms with E-state index in [1.54, 1.807) is 16.6 Å². The van der Waals surface area contributed by atoms with Crippen LogP contribution in [0.15, 0.2) is 11.7 Å². The second-order valence-corrected chi connectivity index (χ2v) is 6.58. The average molecular weight is 309 g/mol. The number of carbonyl (C=O) groups is 2. The number of piperazine rings is 1. The van der Waals surface area contributed by atoms with Crippen LogP contribution < -0.4 is 5.32 Å². The molecule has 0 aromatic carbocycles. The van der Waals surface area contributed by atoms with E-state index < -0.39 is 6.04 Å². The molecule has 2 rings (SSSR count). The number of carbonyl (C=O) groups excluding carboxylic acids is 2. The van der Waals surface area contributed by atoms with Gasteiger partial charge in [0, 0.05) is 11.1 Å². The SMILES string of the molecule is CCCC1C(=O)NC(C(C)CC)C(=O)N1Cc1cncs1. The zero-order valence-electron chi connectivity index (χ0n) is 12.8. The van der Waals surface area contributed by atoms with Crippen LogP contribution in [0.1, 0.15) is 44.9 Å². The largest absolute Gasteiger partial charge is 0.342 e. The summed E-state index contributed by atoms with van der Waals surface area (Å²) in [5.74, 6) is 0.162. The standard InChI is InChI=1S/C15H23N3O2S/c1-4-6-12-14(19)17-13(10(3)5-2)15(20)18(12)8-11-7-16-9-21-11/h7,9-10,12-13H,4-6,8H2,1-3H3,(H,17,19). The molecular weight excluding hydrogens is 286 g/mol. The van der Waals surface area contributed by atoms with Crippen LogP contribution in [0, 0.1) is 5.92 Å². The summed E-state index contributed by atoms with van der Waals surface area (Å²) in [5, 5.41) is 2.92. The highest BCUT2D eigenvalue weighted by Crippen LogP contribution is 2.23. The van der Waals surface area contributed by atoms with E-state index in [1.807, 2.05) is 20.8 Å². The maximum atomic E-state index is 12.8. The molecule has 0 radical (unpaired) electrons. The van der Waals surface area contributed by atoms with E-state index in [0.717, 1.165) is 17.7 Å². The Balaban J connectivity index is 2.23. The van der Waals surface area contributed by atoms with Crippen LogP contribution >= 0.6 is 11.3 Å². The lowest BCUT2D eigenvalue weighted by Crippen LogP contribution is -2.64. The minimum atomic E-state index is -0.400. The van der Waals surface area contributed by atoms with Gasteiger partial charge in [-0.1, -0.05) is 33.6 Å². The zero-order chi connectivity index (χ0) is 15.4. The molecule has 0 spiro atoms. The summed E-state index contributed by atoms with van der Waals surface area (Å²) in [6.07, 6.45) is 4.21. The molecule has 0 aliphatic carbocycles. The lowest BCUT2D eigenvalue weighted by molar-refractivity contribution is -0.151. The second kappa shape index (κ2) is 7.02. The molecule has 0 saturated carbocycles. The van der Waals surface area contributed by atoms with Gasteiger partial charge >= 0.3 is 0 Å². The van der Waals surface area contributed by atoms with Gasteiger partial charge in [-0.2, -0.15) is 0 Å². The fourth-order valence-electron chi connectivity index (χ4n) is 2.64. The Bertz CT molecular complexity index is 489. The molecule has 1 aromatic heterocycles. The number of nitrogens with zero attached hydrogens (tertiary/aromatic N) is 2. The third-order valence-corrected chi connectivity index (χ3v) is 4.87. The Morgan fingerprint density at radius 1 is 1.43 bits per heavy atom. The van der Waals surface area contributed by atoms with Crippen molar-refractivity contribution < 1.29 is 9.59 Å². The highest BCUT2D eigenvalue weighted by molar-refractivity contribution is 7.09. The molecule has 2 amide bonds. The number of amides is 2. The molecule has 21 heavy (non-hydrogen) atoms. The smallest absolute Gasteiger partial charge is 0.246 e. The normalized spacial score (nSPS) is 24.0. The van der Waals surface area contributed by atoms with Crippen molar-refractivity contribution in [1.82, 2.24) is 15.2 Å². The molecule has 3 unspecified atom stereocenters. The Morgan fingerprint density at radius 3 is 2.76 bits per heavy atom. The highest BCUT2D eigenvalue weighted by atomic mass is 32.1. The predicted octanol–water partition coefficient (Wildman–Crippen LogP) is 2.18. The Labute approximate surface area is 129 Å². The Kier molecular flexibility index (Phi) is 5.33. The van der Waals surface area contributed by atoms with Crippen molar-refractivity contribution >= 4 is 23.2 Å². The summed E-state index contributed by atoms with van der Waals surface area (Å²) in [6, 6.07) is -0.756. The first-order chi connectivity index (χ1) is 10.1. The molecule has 5 nitrogen and oxygen atoms in total. The number of nitrogens with one attached hydrogen (secondary N) is 1. The van der Waals surface area contributed by atoms with E-state index >= 15 is 0 Å². The first kappa shape index (κ1) is 15.9. The van der Waals surface area contributed by atoms with E-state index in [9.17, 15) is 9.59 Å². The van der Waals surface area contributed by atoms with Crippen molar-refractivity contribution in [1.29, 1.82) is 0 Å². The van der Waals surface area contributed by atoms with Gasteiger partial charge in [0.15, 0.2) is 0 Å². The van der Waals surface area contributed by atoms with Crippen molar-refractivity contribution in [3.05, 3.63) is 16.6 Å². The maximum Gasteiger partial charge on any atom is 0.246 e. The molecule has 1 saturated heterocycles. The summed E-state index contributed by atoms with van der Waals surface area (Å²) < 4.78 is 0. The van der Waals surface area contributed by atoms with Crippen molar-refractivity contribution in [2.45, 2.75) is 58.7 Å². The molecule has 1 fully saturated rings. The van der Waals surface area contributed by atoms with E-state index in [0.29, 0.717) is 13.0 Å². The molecule has 1 aliphatic rings. The number of thiazole rings is 1. The van der Waals surface area contributed by atoms with Gasteiger partial charge in [-0.15, -0.1) is 11.3 Å². The minimum Gasteiger partial charge on any atom is -0.342 e. The summed E-state index contributed by atoms with van der Waals surface area (Å²) in [7, 11) is 0. The van der Waals surface area contributed by atoms with E-state index in [2.05, 4.69) is 10.3 Å². The van der Waals surface area contributed by atoms with Gasteiger partial charge in [0.05, 0.1) is 12.1 Å². The van der Waals surface area contributed by atoms with Crippen LogP contribution in [-0.2, 0) is 16.1 Å². The molecule has 1 aromatic rings. The number of hydrogen-bond donors (Lipinski definition) is 1. The molecule has 3 atom stereocenters. The van der Waals surface area contributed by atoms with Gasteiger partial charge in [-0.05, 0) is 12.3 Å². The van der Waals surface area contributed by atoms with E-state index in [1.165, 1.54) is 11.3 Å². The third kappa shape index (κ3) is 3.43. The molecule has 116 valence electrons. The van der Waals surface area contributed by atoms with E-state index in [-0.39, 0.29) is 23.8 Å². The summed E-state index contributed by atoms with van der Waals surface area (Å²) in [5.41, 5.74) is 1.75. The average Bonchev–Trinajstić information content (AvgIpc) is 2.98. The van der Waals surface area contributed by atoms with Crippen molar-refractivity contribution in [3.63, 3.8) is 0 Å². The minimum absolute atomic E-state index is 0.0220. The topological polar surface area (TPSA) is 62.3 Å². The van der Waals surface area contributed by atoms with Gasteiger partial charge in [0.2, 0.25) is 11.8 Å². The van der Waals surface area contributed by atoms with Crippen LogP contribution in [-0.4, -0.2) is 33.8 Å². The highest BCUT2D eigenvalue weighted by Gasteiger charge is 2.41. The molecule has 1 N–H and O–H groups in total. The van der Waals surface area contributed by atoms with E-state index in [4.69, 9.17) is 0 Å². The first-order valence-electron chi connectivity index (χ1n) is 7.56. The maximum absolute atomic E-state index is 12.8. The van der Waals surface area contributed by atoms with Gasteiger partial charge in [-0.3, -0.25) is 14.6 Å². The van der Waals surface area contributed by atoms with Gasteiger partial charge in [-0.25, -0.2) is 0 Å². The quantitative estimate of drug-likeness (QED) is 0.876. The molecule has 6 heteroatoms. The number of rotatable bonds is 6. The fraction of sp³-hybridized carbons (Fsp3) is 0.667. The van der Waals surface area contributed by atoms with Crippen LogP contribution in [0.3, 0.4) is 0 Å². The molecule has 1 aliphatic heterocycles. The second-order valence-electron chi connectivity index (χ2n) is 5.61. The predicted molar refractivity (Wildman–Crippen MR) is 82.7 cm³/mol. The van der Waals surface area contributed by atoms with Crippen molar-refractivity contribution in [2.24, 2.45) is 5.92 Å². The molecular formula is C15H23N3O2S. The number of hydrogen-bond acceptors (Lipinski definition) is 4. The van der Waals surface area contributed by atoms with Crippen LogP contribution in [0.4, 0.5) is 0 Å². The lowest BCUT2D eigenvalue weighted by Gasteiger charge is -2.40. The Morgan fingerprint density at radius 2 is 2.19 bits per heavy atom. The lowest BCUT2D eigenvalue weighted by atomic mass is 9.93. The van der Waals surface area contributed by atoms with Crippen LogP contribution in [0.25, 0.3) is 0 Å². The third-order valence-electron chi connectivity index (χ3n) is 4.11. The fourth-order valence-corrected chi connectivity index (χ4v) is 3.24. The molecule has 2 heterocycles. The van der Waals surface area contributed by atoms with Gasteiger partial charge in [0.1, 0.15) is 12.1 Å². The summed E-state index contributed by atoms with van der Waals surface area (Å²) >= 11 is 1.52. The summed E-state index contributed by atoms with van der Waals surface area (Å²) in [6.45, 7) is 6.56. The van der Waals surface area contributed by atoms with Crippen LogP contribution in [0.2, 0.25) is 0 Å². The van der Waals surface area contributed by atoms with Crippen molar-refractivity contribution in [3.8, 4) is 0 Å². The summed E-state index contributed by atoms with van der Waals surface area (Å²) in [4.78, 5) is 32.0. The first-order valence-corrected chi connectivity index (χ1v) is 8.44. The van der Waals surface area contributed by atoms with Gasteiger partial charge in [0.25, 0.3) is 0 Å². The zero-order valence-corrected chi connectivity index (χ0v) is 13.7. The Hall–Kier alpha value is -1.43. The van der Waals surface area contributed by atoms with Gasteiger partial charge < -0.3 is 10.2 Å². The molecule has 0 bridgehead atoms. The monoisotopic (exact) mass is 309 g/mol. The van der Waals surface area contributed by atoms with Crippen molar-refractivity contribution in [2.75, 3.05) is 0 Å². The van der Waals surface area contributed by atoms with Crippen LogP contribution in [0.5, 0.6) is 0 Å². The number of aromatic nitrogens is 1.